The van der Waals surface area contributed by atoms with Gasteiger partial charge in [-0.15, -0.1) is 0 Å². The highest BCUT2D eigenvalue weighted by molar-refractivity contribution is 7.89. The van der Waals surface area contributed by atoms with Gasteiger partial charge in [0.25, 0.3) is 0 Å². The van der Waals surface area contributed by atoms with Crippen LogP contribution in [0.1, 0.15) is 5.82 Å². The van der Waals surface area contributed by atoms with Crippen LogP contribution in [0.15, 0.2) is 12.4 Å². The van der Waals surface area contributed by atoms with E-state index in [1.807, 2.05) is 0 Å². The molecular formula is C8H12ClN3O3S. The fourth-order valence-electron chi connectivity index (χ4n) is 1.10. The van der Waals surface area contributed by atoms with Crippen molar-refractivity contribution < 1.29 is 13.2 Å². The number of halogens is 1. The Bertz CT molecular complexity index is 434. The van der Waals surface area contributed by atoms with Gasteiger partial charge in [-0.05, 0) is 0 Å². The summed E-state index contributed by atoms with van der Waals surface area (Å²) < 4.78 is 27.2. The molecule has 0 aliphatic carbocycles. The molecule has 6 nitrogen and oxygen atoms in total. The number of primary sulfonamides is 1. The lowest BCUT2D eigenvalue weighted by Crippen LogP contribution is -2.34. The summed E-state index contributed by atoms with van der Waals surface area (Å²) in [5.74, 6) is 0.362. The fraction of sp³-hybridized carbons (Fsp3) is 0.500. The van der Waals surface area contributed by atoms with E-state index in [4.69, 9.17) is 21.5 Å². The maximum absolute atomic E-state index is 11.2. The van der Waals surface area contributed by atoms with Gasteiger partial charge in [0.05, 0.1) is 11.6 Å². The van der Waals surface area contributed by atoms with E-state index in [0.717, 1.165) is 0 Å². The predicted octanol–water partition coefficient (Wildman–Crippen LogP) is -0.0240. The van der Waals surface area contributed by atoms with Gasteiger partial charge in [0, 0.05) is 25.9 Å². The molecule has 0 spiro atoms. The zero-order chi connectivity index (χ0) is 12.2. The largest absolute Gasteiger partial charge is 0.383 e. The molecule has 8 heteroatoms. The van der Waals surface area contributed by atoms with E-state index in [1.54, 1.807) is 0 Å². The second-order valence-electron chi connectivity index (χ2n) is 3.19. The Labute approximate surface area is 98.8 Å². The Balaban J connectivity index is 2.80. The van der Waals surface area contributed by atoms with Crippen LogP contribution >= 0.6 is 11.6 Å². The van der Waals surface area contributed by atoms with E-state index in [2.05, 4.69) is 9.97 Å². The van der Waals surface area contributed by atoms with Crippen LogP contribution in [0.5, 0.6) is 0 Å². The Kier molecular flexibility index (Phi) is 4.60. The number of hydrogen-bond acceptors (Lipinski definition) is 5. The van der Waals surface area contributed by atoms with Gasteiger partial charge in [-0.3, -0.25) is 0 Å². The van der Waals surface area contributed by atoms with Crippen LogP contribution < -0.4 is 5.14 Å². The first kappa shape index (κ1) is 13.3. The summed E-state index contributed by atoms with van der Waals surface area (Å²) in [6.45, 7) is 0.00478. The fourth-order valence-corrected chi connectivity index (χ4v) is 1.91. The normalized spacial score (nSPS) is 13.7. The van der Waals surface area contributed by atoms with Crippen molar-refractivity contribution in [3.05, 3.63) is 23.2 Å². The molecule has 0 aliphatic rings. The average molecular weight is 266 g/mol. The van der Waals surface area contributed by atoms with E-state index in [0.29, 0.717) is 10.8 Å². The lowest BCUT2D eigenvalue weighted by Gasteiger charge is -2.12. The number of rotatable bonds is 5. The molecule has 1 heterocycles. The summed E-state index contributed by atoms with van der Waals surface area (Å²) in [6, 6.07) is 0. The summed E-state index contributed by atoms with van der Waals surface area (Å²) in [7, 11) is -2.27. The number of ether oxygens (including phenoxy) is 1. The SMILES string of the molecule is COC[C@H](Cc1ncc(Cl)cn1)S(N)(=O)=O. The molecule has 90 valence electrons. The minimum absolute atomic E-state index is 0.00478. The molecule has 0 saturated heterocycles. The third-order valence-corrected chi connectivity index (χ3v) is 3.33. The third-order valence-electron chi connectivity index (χ3n) is 1.90. The van der Waals surface area contributed by atoms with Crippen molar-refractivity contribution in [2.45, 2.75) is 11.7 Å². The first-order valence-corrected chi connectivity index (χ1v) is 6.39. The smallest absolute Gasteiger partial charge is 0.214 e. The second kappa shape index (κ2) is 5.53. The predicted molar refractivity (Wildman–Crippen MR) is 59.5 cm³/mol. The van der Waals surface area contributed by atoms with Crippen LogP contribution in [0.4, 0.5) is 0 Å². The van der Waals surface area contributed by atoms with Crippen LogP contribution in [-0.4, -0.2) is 37.4 Å². The van der Waals surface area contributed by atoms with Gasteiger partial charge in [-0.1, -0.05) is 11.6 Å². The highest BCUT2D eigenvalue weighted by Gasteiger charge is 2.22. The molecule has 2 N–H and O–H groups in total. The summed E-state index contributed by atoms with van der Waals surface area (Å²) in [5, 5.41) is 4.60. The molecule has 0 aliphatic heterocycles. The Morgan fingerprint density at radius 2 is 2.06 bits per heavy atom. The van der Waals surface area contributed by atoms with Gasteiger partial charge in [-0.2, -0.15) is 0 Å². The van der Waals surface area contributed by atoms with Gasteiger partial charge >= 0.3 is 0 Å². The van der Waals surface area contributed by atoms with Crippen molar-refractivity contribution in [2.24, 2.45) is 5.14 Å². The van der Waals surface area contributed by atoms with Crippen molar-refractivity contribution in [2.75, 3.05) is 13.7 Å². The van der Waals surface area contributed by atoms with E-state index in [-0.39, 0.29) is 13.0 Å². The summed E-state index contributed by atoms with van der Waals surface area (Å²) >= 11 is 5.61. The zero-order valence-electron chi connectivity index (χ0n) is 8.63. The molecule has 0 fully saturated rings. The van der Waals surface area contributed by atoms with E-state index < -0.39 is 15.3 Å². The van der Waals surface area contributed by atoms with Crippen molar-refractivity contribution >= 4 is 21.6 Å². The van der Waals surface area contributed by atoms with Crippen molar-refractivity contribution in [3.8, 4) is 0 Å². The zero-order valence-corrected chi connectivity index (χ0v) is 10.2. The molecule has 1 aromatic heterocycles. The van der Waals surface area contributed by atoms with Gasteiger partial charge < -0.3 is 4.74 Å². The molecule has 0 bridgehead atoms. The van der Waals surface area contributed by atoms with E-state index >= 15 is 0 Å². The Hall–Kier alpha value is -0.760. The van der Waals surface area contributed by atoms with Gasteiger partial charge in [0.1, 0.15) is 11.1 Å². The molecule has 0 unspecified atom stereocenters. The summed E-state index contributed by atoms with van der Waals surface area (Å²) in [5.41, 5.74) is 0. The molecule has 1 atom stereocenters. The molecule has 0 aromatic carbocycles. The molecule has 0 radical (unpaired) electrons. The quantitative estimate of drug-likeness (QED) is 0.807. The monoisotopic (exact) mass is 265 g/mol. The number of nitrogens with two attached hydrogens (primary N) is 1. The highest BCUT2D eigenvalue weighted by atomic mass is 35.5. The molecular weight excluding hydrogens is 254 g/mol. The number of aromatic nitrogens is 2. The number of methoxy groups -OCH3 is 1. The molecule has 1 aromatic rings. The maximum Gasteiger partial charge on any atom is 0.214 e. The summed E-state index contributed by atoms with van der Waals surface area (Å²) in [4.78, 5) is 7.79. The minimum Gasteiger partial charge on any atom is -0.383 e. The van der Waals surface area contributed by atoms with Crippen molar-refractivity contribution in [1.82, 2.24) is 9.97 Å². The minimum atomic E-state index is -3.67. The molecule has 1 rings (SSSR count). The van der Waals surface area contributed by atoms with Crippen LogP contribution in [0.25, 0.3) is 0 Å². The number of hydrogen-bond donors (Lipinski definition) is 1. The molecule has 16 heavy (non-hydrogen) atoms. The number of nitrogens with zero attached hydrogens (tertiary/aromatic N) is 2. The second-order valence-corrected chi connectivity index (χ2v) is 5.47. The number of sulfonamides is 1. The lowest BCUT2D eigenvalue weighted by atomic mass is 10.3. The topological polar surface area (TPSA) is 95.2 Å². The van der Waals surface area contributed by atoms with E-state index in [1.165, 1.54) is 19.5 Å². The first-order valence-electron chi connectivity index (χ1n) is 4.40. The van der Waals surface area contributed by atoms with Crippen LogP contribution in [0.3, 0.4) is 0 Å². The average Bonchev–Trinajstić information content (AvgIpc) is 2.19. The van der Waals surface area contributed by atoms with Crippen molar-refractivity contribution in [3.63, 3.8) is 0 Å². The Morgan fingerprint density at radius 3 is 2.50 bits per heavy atom. The van der Waals surface area contributed by atoms with Gasteiger partial charge in [0.15, 0.2) is 0 Å². The van der Waals surface area contributed by atoms with Crippen LogP contribution in [-0.2, 0) is 21.2 Å². The Morgan fingerprint density at radius 1 is 1.50 bits per heavy atom. The van der Waals surface area contributed by atoms with Gasteiger partial charge in [0.2, 0.25) is 10.0 Å². The van der Waals surface area contributed by atoms with Crippen LogP contribution in [0.2, 0.25) is 5.02 Å². The lowest BCUT2D eigenvalue weighted by molar-refractivity contribution is 0.196. The summed E-state index contributed by atoms with van der Waals surface area (Å²) in [6.07, 6.45) is 2.90. The molecule has 0 amide bonds. The van der Waals surface area contributed by atoms with Gasteiger partial charge in [-0.25, -0.2) is 23.5 Å². The standard InChI is InChI=1S/C8H12ClN3O3S/c1-15-5-7(16(10,13)14)2-8-11-3-6(9)4-12-8/h3-4,7H,2,5H2,1H3,(H2,10,13,14)/t7-/m0/s1. The third kappa shape index (κ3) is 4.01. The first-order chi connectivity index (χ1) is 7.43. The van der Waals surface area contributed by atoms with Crippen LogP contribution in [0, 0.1) is 0 Å². The van der Waals surface area contributed by atoms with E-state index in [9.17, 15) is 8.42 Å². The van der Waals surface area contributed by atoms with Crippen molar-refractivity contribution in [1.29, 1.82) is 0 Å². The highest BCUT2D eigenvalue weighted by Crippen LogP contribution is 2.07. The maximum atomic E-state index is 11.2. The molecule has 0 saturated carbocycles.